The standard InChI is InChI=1S/C20H16NO2SSi/c1-12-13(2)20(25)18-19(17(12)14-8-4-3-5-9-14)24(22,23)16-11-7-6-10-15(16)21-18/h3-11,21H,1-2H3. The highest BCUT2D eigenvalue weighted by Crippen LogP contribution is 2.45. The molecule has 1 aliphatic rings. The maximum Gasteiger partial charge on any atom is 0.211 e. The summed E-state index contributed by atoms with van der Waals surface area (Å²) in [4.78, 5) is 0.652. The Hall–Kier alpha value is -2.37. The largest absolute Gasteiger partial charge is 0.353 e. The summed E-state index contributed by atoms with van der Waals surface area (Å²) in [6.07, 6.45) is 0. The summed E-state index contributed by atoms with van der Waals surface area (Å²) >= 11 is 0. The third kappa shape index (κ3) is 2.27. The fourth-order valence-corrected chi connectivity index (χ4v) is 5.67. The number of sulfone groups is 1. The van der Waals surface area contributed by atoms with E-state index in [1.807, 2.05) is 50.2 Å². The van der Waals surface area contributed by atoms with Crippen molar-refractivity contribution in [2.24, 2.45) is 0 Å². The molecule has 123 valence electrons. The Morgan fingerprint density at radius 1 is 0.880 bits per heavy atom. The number of para-hydroxylation sites is 1. The van der Waals surface area contributed by atoms with Gasteiger partial charge in [0.1, 0.15) is 4.90 Å². The zero-order valence-corrected chi connectivity index (χ0v) is 15.7. The van der Waals surface area contributed by atoms with Crippen molar-refractivity contribution in [1.29, 1.82) is 0 Å². The first-order chi connectivity index (χ1) is 11.9. The Morgan fingerprint density at radius 3 is 2.24 bits per heavy atom. The molecule has 0 atom stereocenters. The molecule has 1 N–H and O–H groups in total. The fourth-order valence-electron chi connectivity index (χ4n) is 3.36. The molecule has 0 saturated heterocycles. The smallest absolute Gasteiger partial charge is 0.211 e. The van der Waals surface area contributed by atoms with Crippen molar-refractivity contribution in [3.05, 3.63) is 65.7 Å². The number of benzene rings is 3. The van der Waals surface area contributed by atoms with Gasteiger partial charge in [0.2, 0.25) is 9.84 Å². The minimum atomic E-state index is -3.64. The molecule has 25 heavy (non-hydrogen) atoms. The number of hydrogen-bond donors (Lipinski definition) is 1. The monoisotopic (exact) mass is 362 g/mol. The van der Waals surface area contributed by atoms with Crippen LogP contribution in [0.25, 0.3) is 11.1 Å². The van der Waals surface area contributed by atoms with Crippen LogP contribution in [-0.2, 0) is 9.84 Å². The lowest BCUT2D eigenvalue weighted by Gasteiger charge is -2.28. The van der Waals surface area contributed by atoms with Gasteiger partial charge in [0.05, 0.1) is 26.5 Å². The van der Waals surface area contributed by atoms with Crippen LogP contribution in [0.3, 0.4) is 0 Å². The SMILES string of the molecule is Cc1c(C)c(-c2ccccc2)c2c(c1[Si])Nc1ccccc1S2(=O)=O. The molecule has 0 aliphatic carbocycles. The van der Waals surface area contributed by atoms with Crippen molar-refractivity contribution in [3.63, 3.8) is 0 Å². The quantitative estimate of drug-likeness (QED) is 0.526. The van der Waals surface area contributed by atoms with Crippen molar-refractivity contribution in [2.45, 2.75) is 23.6 Å². The summed E-state index contributed by atoms with van der Waals surface area (Å²) in [5, 5.41) is 4.10. The highest BCUT2D eigenvalue weighted by Gasteiger charge is 2.34. The summed E-state index contributed by atoms with van der Waals surface area (Å²) in [6, 6.07) is 16.7. The minimum Gasteiger partial charge on any atom is -0.353 e. The molecule has 0 fully saturated rings. The molecule has 1 heterocycles. The van der Waals surface area contributed by atoms with E-state index >= 15 is 0 Å². The average Bonchev–Trinajstić information content (AvgIpc) is 2.62. The first-order valence-corrected chi connectivity index (χ1v) is 9.96. The third-order valence-electron chi connectivity index (χ3n) is 4.78. The van der Waals surface area contributed by atoms with E-state index in [1.54, 1.807) is 18.2 Å². The molecular formula is C20H16NO2SSi. The van der Waals surface area contributed by atoms with Crippen LogP contribution in [0.4, 0.5) is 11.4 Å². The molecule has 0 aromatic heterocycles. The number of hydrogen-bond acceptors (Lipinski definition) is 3. The molecule has 1 aliphatic heterocycles. The molecule has 5 heteroatoms. The first kappa shape index (κ1) is 16.1. The van der Waals surface area contributed by atoms with Crippen molar-refractivity contribution >= 4 is 36.6 Å². The van der Waals surface area contributed by atoms with Gasteiger partial charge in [0.15, 0.2) is 0 Å². The molecule has 3 aromatic rings. The number of rotatable bonds is 1. The molecule has 3 radical (unpaired) electrons. The second-order valence-corrected chi connectivity index (χ2v) is 8.55. The maximum absolute atomic E-state index is 13.4. The Bertz CT molecular complexity index is 1110. The zero-order valence-electron chi connectivity index (χ0n) is 13.9. The molecule has 0 saturated carbocycles. The number of fused-ring (bicyclic) bond motifs is 2. The summed E-state index contributed by atoms with van der Waals surface area (Å²) in [5.41, 5.74) is 4.86. The Balaban J connectivity index is 2.17. The Kier molecular flexibility index (Phi) is 3.59. The lowest BCUT2D eigenvalue weighted by atomic mass is 9.95. The van der Waals surface area contributed by atoms with Gasteiger partial charge in [-0.25, -0.2) is 8.42 Å². The van der Waals surface area contributed by atoms with E-state index in [-0.39, 0.29) is 0 Å². The van der Waals surface area contributed by atoms with Crippen LogP contribution in [0.2, 0.25) is 0 Å². The van der Waals surface area contributed by atoms with E-state index in [2.05, 4.69) is 15.6 Å². The second kappa shape index (κ2) is 5.57. The summed E-state index contributed by atoms with van der Waals surface area (Å²) in [5.74, 6) is 0. The third-order valence-corrected chi connectivity index (χ3v) is 7.29. The van der Waals surface area contributed by atoms with E-state index < -0.39 is 9.84 Å². The summed E-state index contributed by atoms with van der Waals surface area (Å²) < 4.78 is 26.9. The lowest BCUT2D eigenvalue weighted by Crippen LogP contribution is -2.25. The summed E-state index contributed by atoms with van der Waals surface area (Å²) in [6.45, 7) is 3.97. The van der Waals surface area contributed by atoms with Gasteiger partial charge in [-0.1, -0.05) is 42.5 Å². The van der Waals surface area contributed by atoms with Gasteiger partial charge in [-0.2, -0.15) is 0 Å². The minimum absolute atomic E-state index is 0.314. The fraction of sp³-hybridized carbons (Fsp3) is 0.100. The van der Waals surface area contributed by atoms with Gasteiger partial charge in [-0.05, 0) is 47.9 Å². The highest BCUT2D eigenvalue weighted by molar-refractivity contribution is 7.92. The van der Waals surface area contributed by atoms with E-state index in [9.17, 15) is 8.42 Å². The van der Waals surface area contributed by atoms with Crippen molar-refractivity contribution in [2.75, 3.05) is 5.32 Å². The van der Waals surface area contributed by atoms with E-state index in [0.717, 1.165) is 27.4 Å². The van der Waals surface area contributed by atoms with Crippen molar-refractivity contribution in [1.82, 2.24) is 0 Å². The van der Waals surface area contributed by atoms with Gasteiger partial charge in [0, 0.05) is 5.56 Å². The van der Waals surface area contributed by atoms with Crippen LogP contribution in [0.15, 0.2) is 64.4 Å². The molecule has 0 amide bonds. The second-order valence-electron chi connectivity index (χ2n) is 6.19. The van der Waals surface area contributed by atoms with E-state index in [1.165, 1.54) is 0 Å². The highest BCUT2D eigenvalue weighted by atomic mass is 32.2. The van der Waals surface area contributed by atoms with Gasteiger partial charge in [-0.15, -0.1) is 0 Å². The topological polar surface area (TPSA) is 46.2 Å². The molecular weight excluding hydrogens is 346 g/mol. The first-order valence-electron chi connectivity index (χ1n) is 7.98. The predicted molar refractivity (Wildman–Crippen MR) is 102 cm³/mol. The number of anilines is 2. The van der Waals surface area contributed by atoms with Gasteiger partial charge in [-0.3, -0.25) is 0 Å². The van der Waals surface area contributed by atoms with Crippen LogP contribution in [0.1, 0.15) is 11.1 Å². The predicted octanol–water partition coefficient (Wildman–Crippen LogP) is 3.65. The zero-order chi connectivity index (χ0) is 17.8. The maximum atomic E-state index is 13.4. The van der Waals surface area contributed by atoms with Crippen LogP contribution >= 0.6 is 0 Å². The molecule has 0 spiro atoms. The van der Waals surface area contributed by atoms with E-state index in [0.29, 0.717) is 21.2 Å². The van der Waals surface area contributed by atoms with Crippen LogP contribution < -0.4 is 10.5 Å². The average molecular weight is 363 g/mol. The Labute approximate surface area is 151 Å². The normalized spacial score (nSPS) is 14.4. The lowest BCUT2D eigenvalue weighted by molar-refractivity contribution is 0.596. The molecule has 3 nitrogen and oxygen atoms in total. The van der Waals surface area contributed by atoms with Gasteiger partial charge in [0.25, 0.3) is 0 Å². The molecule has 0 bridgehead atoms. The van der Waals surface area contributed by atoms with Crippen molar-refractivity contribution in [3.8, 4) is 11.1 Å². The van der Waals surface area contributed by atoms with Crippen LogP contribution in [0, 0.1) is 13.8 Å². The summed E-state index contributed by atoms with van der Waals surface area (Å²) in [7, 11) is 0.0246. The molecule has 3 aromatic carbocycles. The van der Waals surface area contributed by atoms with Crippen LogP contribution in [0.5, 0.6) is 0 Å². The van der Waals surface area contributed by atoms with E-state index in [4.69, 9.17) is 0 Å². The number of nitrogens with one attached hydrogen (secondary N) is 1. The Morgan fingerprint density at radius 2 is 1.52 bits per heavy atom. The van der Waals surface area contributed by atoms with Crippen molar-refractivity contribution < 1.29 is 8.42 Å². The van der Waals surface area contributed by atoms with Gasteiger partial charge < -0.3 is 5.32 Å². The molecule has 4 rings (SSSR count). The van der Waals surface area contributed by atoms with Crippen LogP contribution in [-0.4, -0.2) is 18.7 Å². The van der Waals surface area contributed by atoms with Gasteiger partial charge >= 0.3 is 0 Å². The molecule has 0 unspecified atom stereocenters.